The van der Waals surface area contributed by atoms with Crippen molar-refractivity contribution >= 4 is 16.0 Å². The Hall–Kier alpha value is -3.59. The predicted octanol–water partition coefficient (Wildman–Crippen LogP) is 6.13. The Morgan fingerprint density at radius 2 is 1.74 bits per heavy atom. The van der Waals surface area contributed by atoms with Gasteiger partial charge in [-0.2, -0.15) is 0 Å². The van der Waals surface area contributed by atoms with Crippen LogP contribution in [0, 0.1) is 18.7 Å². The van der Waals surface area contributed by atoms with Crippen LogP contribution in [-0.4, -0.2) is 27.9 Å². The van der Waals surface area contributed by atoms with E-state index in [4.69, 9.17) is 0 Å². The molecule has 0 saturated carbocycles. The van der Waals surface area contributed by atoms with Gasteiger partial charge in [0.2, 0.25) is 5.95 Å². The summed E-state index contributed by atoms with van der Waals surface area (Å²) in [4.78, 5) is 12.6. The number of aromatic nitrogens is 4. The first-order valence-electron chi connectivity index (χ1n) is 12.6. The first-order valence-corrected chi connectivity index (χ1v) is 14.1. The van der Waals surface area contributed by atoms with Crippen molar-refractivity contribution in [2.24, 2.45) is 5.92 Å². The number of halogens is 1. The smallest absolute Gasteiger partial charge is 0.264 e. The highest BCUT2D eigenvalue weighted by Gasteiger charge is 2.23. The zero-order chi connectivity index (χ0) is 27.7. The van der Waals surface area contributed by atoms with Crippen LogP contribution >= 0.6 is 0 Å². The molecule has 0 atom stereocenters. The summed E-state index contributed by atoms with van der Waals surface area (Å²) in [5.41, 5.74) is 2.99. The van der Waals surface area contributed by atoms with E-state index in [0.29, 0.717) is 29.2 Å². The van der Waals surface area contributed by atoms with Gasteiger partial charge in [-0.15, -0.1) is 0 Å². The maximum atomic E-state index is 15.5. The molecular formula is C29H34FN5O2S. The molecule has 0 amide bonds. The topological polar surface area (TPSA) is 89.8 Å². The highest BCUT2D eigenvalue weighted by Crippen LogP contribution is 2.32. The van der Waals surface area contributed by atoms with Gasteiger partial charge in [-0.1, -0.05) is 52.8 Å². The van der Waals surface area contributed by atoms with E-state index in [1.54, 1.807) is 30.5 Å². The lowest BCUT2D eigenvalue weighted by Crippen LogP contribution is -2.19. The number of nitrogens with one attached hydrogen (secondary N) is 1. The number of hydrogen-bond acceptors (Lipinski definition) is 5. The zero-order valence-electron chi connectivity index (χ0n) is 22.7. The van der Waals surface area contributed by atoms with Gasteiger partial charge in [-0.25, -0.2) is 32.5 Å². The summed E-state index contributed by atoms with van der Waals surface area (Å²) in [5, 5.41) is 0. The molecule has 1 N–H and O–H groups in total. The first kappa shape index (κ1) is 27.4. The average molecular weight is 536 g/mol. The Balaban J connectivity index is 1.74. The van der Waals surface area contributed by atoms with Crippen LogP contribution < -0.4 is 4.72 Å². The van der Waals surface area contributed by atoms with Crippen LogP contribution in [0.15, 0.2) is 66.1 Å². The number of aryl methyl sites for hydroxylation is 1. The standard InChI is InChI=1S/C29H34FN5O2S/c1-19(2)13-21-7-10-26(38(36,37)34-28-32-16-20(3)17-33-28)24(14-21)22-8-9-23(25(30)15-22)18-35-12-11-31-27(35)29(4,5)6/h7-12,14-17,19H,13,18H2,1-6H3,(H,32,33,34). The molecule has 7 nitrogen and oxygen atoms in total. The van der Waals surface area contributed by atoms with Crippen molar-refractivity contribution in [1.82, 2.24) is 19.5 Å². The fourth-order valence-corrected chi connectivity index (χ4v) is 5.53. The lowest BCUT2D eigenvalue weighted by atomic mass is 9.95. The minimum absolute atomic E-state index is 0.0238. The van der Waals surface area contributed by atoms with E-state index in [1.165, 1.54) is 18.5 Å². The third-order valence-corrected chi connectivity index (χ3v) is 7.46. The van der Waals surface area contributed by atoms with Crippen molar-refractivity contribution in [2.45, 2.75) is 64.8 Å². The summed E-state index contributed by atoms with van der Waals surface area (Å²) < 4.78 is 46.7. The highest BCUT2D eigenvalue weighted by molar-refractivity contribution is 7.92. The summed E-state index contributed by atoms with van der Waals surface area (Å²) in [7, 11) is -4.05. The molecule has 2 aromatic heterocycles. The molecule has 0 fully saturated rings. The van der Waals surface area contributed by atoms with Crippen molar-refractivity contribution in [3.63, 3.8) is 0 Å². The number of anilines is 1. The van der Waals surface area contributed by atoms with Gasteiger partial charge in [0.05, 0.1) is 11.4 Å². The summed E-state index contributed by atoms with van der Waals surface area (Å²) in [6.45, 7) is 12.5. The number of nitrogens with zero attached hydrogens (tertiary/aromatic N) is 4. The maximum Gasteiger partial charge on any atom is 0.264 e. The number of rotatable bonds is 8. The van der Waals surface area contributed by atoms with Gasteiger partial charge >= 0.3 is 0 Å². The molecule has 200 valence electrons. The van der Waals surface area contributed by atoms with E-state index >= 15 is 4.39 Å². The molecule has 38 heavy (non-hydrogen) atoms. The Morgan fingerprint density at radius 1 is 1.03 bits per heavy atom. The molecule has 9 heteroatoms. The quantitative estimate of drug-likeness (QED) is 0.293. The van der Waals surface area contributed by atoms with Crippen molar-refractivity contribution in [3.05, 3.63) is 89.5 Å². The molecule has 0 spiro atoms. The Kier molecular flexibility index (Phi) is 7.69. The van der Waals surface area contributed by atoms with Gasteiger partial charge in [0.15, 0.2) is 0 Å². The first-order chi connectivity index (χ1) is 17.8. The van der Waals surface area contributed by atoms with Gasteiger partial charge in [0.25, 0.3) is 10.0 Å². The van der Waals surface area contributed by atoms with Crippen molar-refractivity contribution in [1.29, 1.82) is 0 Å². The second-order valence-electron chi connectivity index (χ2n) is 11.1. The molecule has 4 rings (SSSR count). The predicted molar refractivity (Wildman–Crippen MR) is 148 cm³/mol. The van der Waals surface area contributed by atoms with E-state index in [9.17, 15) is 8.42 Å². The molecule has 0 radical (unpaired) electrons. The normalized spacial score (nSPS) is 12.2. The van der Waals surface area contributed by atoms with Gasteiger partial charge in [0.1, 0.15) is 11.6 Å². The van der Waals surface area contributed by atoms with Crippen molar-refractivity contribution < 1.29 is 12.8 Å². The summed E-state index contributed by atoms with van der Waals surface area (Å²) in [6.07, 6.45) is 7.40. The Bertz CT molecular complexity index is 1540. The van der Waals surface area contributed by atoms with Gasteiger partial charge < -0.3 is 4.57 Å². The molecule has 0 aliphatic heterocycles. The molecule has 4 aromatic rings. The molecule has 0 unspecified atom stereocenters. The number of imidazole rings is 1. The van der Waals surface area contributed by atoms with Crippen LogP contribution in [0.25, 0.3) is 11.1 Å². The number of sulfonamides is 1. The molecule has 0 aliphatic rings. The van der Waals surface area contributed by atoms with Crippen LogP contribution in [0.3, 0.4) is 0 Å². The van der Waals surface area contributed by atoms with Crippen LogP contribution in [0.4, 0.5) is 10.3 Å². The highest BCUT2D eigenvalue weighted by atomic mass is 32.2. The monoisotopic (exact) mass is 535 g/mol. The van der Waals surface area contributed by atoms with Crippen molar-refractivity contribution in [3.8, 4) is 11.1 Å². The average Bonchev–Trinajstić information content (AvgIpc) is 3.30. The fraction of sp³-hybridized carbons (Fsp3) is 0.345. The van der Waals surface area contributed by atoms with Crippen LogP contribution in [-0.2, 0) is 28.4 Å². The van der Waals surface area contributed by atoms with Crippen molar-refractivity contribution in [2.75, 3.05) is 4.72 Å². The van der Waals surface area contributed by atoms with Crippen LogP contribution in [0.5, 0.6) is 0 Å². The fourth-order valence-electron chi connectivity index (χ4n) is 4.36. The molecule has 2 aromatic carbocycles. The summed E-state index contributed by atoms with van der Waals surface area (Å²) in [5.74, 6) is 0.795. The maximum absolute atomic E-state index is 15.5. The lowest BCUT2D eigenvalue weighted by Gasteiger charge is -2.20. The van der Waals surface area contributed by atoms with E-state index in [-0.39, 0.29) is 16.3 Å². The minimum atomic E-state index is -4.05. The lowest BCUT2D eigenvalue weighted by molar-refractivity contribution is 0.505. The van der Waals surface area contributed by atoms with E-state index in [1.807, 2.05) is 23.8 Å². The van der Waals surface area contributed by atoms with E-state index < -0.39 is 15.8 Å². The minimum Gasteiger partial charge on any atom is -0.330 e. The summed E-state index contributed by atoms with van der Waals surface area (Å²) >= 11 is 0. The largest absolute Gasteiger partial charge is 0.330 e. The molecule has 2 heterocycles. The second-order valence-corrected chi connectivity index (χ2v) is 12.7. The van der Waals surface area contributed by atoms with Gasteiger partial charge in [0, 0.05) is 41.3 Å². The zero-order valence-corrected chi connectivity index (χ0v) is 23.5. The van der Waals surface area contributed by atoms with E-state index in [0.717, 1.165) is 23.4 Å². The van der Waals surface area contributed by atoms with Crippen LogP contribution in [0.1, 0.15) is 57.1 Å². The molecule has 0 aliphatic carbocycles. The number of benzene rings is 2. The third-order valence-electron chi connectivity index (χ3n) is 6.08. The molecule has 0 saturated heterocycles. The SMILES string of the molecule is Cc1cnc(NS(=O)(=O)c2ccc(CC(C)C)cc2-c2ccc(Cn3ccnc3C(C)(C)C)c(F)c2)nc1. The second kappa shape index (κ2) is 10.6. The van der Waals surface area contributed by atoms with Gasteiger partial charge in [-0.3, -0.25) is 0 Å². The van der Waals surface area contributed by atoms with Crippen LogP contribution in [0.2, 0.25) is 0 Å². The summed E-state index contributed by atoms with van der Waals surface area (Å²) in [6, 6.07) is 10.1. The molecular weight excluding hydrogens is 501 g/mol. The third kappa shape index (κ3) is 6.27. The number of hydrogen-bond donors (Lipinski definition) is 1. The van der Waals surface area contributed by atoms with Gasteiger partial charge in [-0.05, 0) is 54.2 Å². The Labute approximate surface area is 224 Å². The Morgan fingerprint density at radius 3 is 2.37 bits per heavy atom. The van der Waals surface area contributed by atoms with E-state index in [2.05, 4.69) is 54.3 Å². The molecule has 0 bridgehead atoms.